The van der Waals surface area contributed by atoms with Gasteiger partial charge >= 0.3 is 0 Å². The molecular formula is C15H19N5O3. The van der Waals surface area contributed by atoms with E-state index in [0.717, 1.165) is 0 Å². The Morgan fingerprint density at radius 1 is 1.57 bits per heavy atom. The lowest BCUT2D eigenvalue weighted by molar-refractivity contribution is -0.384. The summed E-state index contributed by atoms with van der Waals surface area (Å²) in [7, 11) is 0. The van der Waals surface area contributed by atoms with Gasteiger partial charge in [-0.25, -0.2) is 0 Å². The number of amides is 1. The number of carbonyl (C=O) groups is 1. The minimum atomic E-state index is -0.468. The molecule has 0 spiro atoms. The second kappa shape index (κ2) is 7.01. The Kier molecular flexibility index (Phi) is 5.07. The summed E-state index contributed by atoms with van der Waals surface area (Å²) in [5.41, 5.74) is 10.4. The van der Waals surface area contributed by atoms with Crippen molar-refractivity contribution in [3.63, 3.8) is 0 Å². The number of nitrogens with two attached hydrogens (primary N) is 1. The molecule has 1 aliphatic heterocycles. The van der Waals surface area contributed by atoms with Gasteiger partial charge in [-0.2, -0.15) is 5.10 Å². The molecule has 0 radical (unpaired) electrons. The van der Waals surface area contributed by atoms with Crippen molar-refractivity contribution in [1.29, 1.82) is 0 Å². The third kappa shape index (κ3) is 3.72. The highest BCUT2D eigenvalue weighted by molar-refractivity contribution is 6.21. The molecule has 2 rings (SSSR count). The lowest BCUT2D eigenvalue weighted by atomic mass is 9.98. The maximum Gasteiger partial charge on any atom is 0.270 e. The molecule has 8 nitrogen and oxygen atoms in total. The third-order valence-electron chi connectivity index (χ3n) is 3.38. The first-order chi connectivity index (χ1) is 10.9. The van der Waals surface area contributed by atoms with Crippen LogP contribution in [-0.2, 0) is 4.79 Å². The zero-order chi connectivity index (χ0) is 17.0. The number of nitrogens with one attached hydrogen (secondary N) is 1. The number of nitro groups is 1. The van der Waals surface area contributed by atoms with E-state index >= 15 is 0 Å². The van der Waals surface area contributed by atoms with E-state index in [9.17, 15) is 14.9 Å². The Morgan fingerprint density at radius 2 is 2.30 bits per heavy atom. The summed E-state index contributed by atoms with van der Waals surface area (Å²) in [5.74, 6) is -0.109. The summed E-state index contributed by atoms with van der Waals surface area (Å²) in [6.07, 6.45) is 0.720. The number of hydrazone groups is 1. The van der Waals surface area contributed by atoms with Crippen LogP contribution in [0.1, 0.15) is 25.3 Å². The zero-order valence-corrected chi connectivity index (χ0v) is 12.9. The van der Waals surface area contributed by atoms with Gasteiger partial charge in [0.05, 0.1) is 22.7 Å². The Morgan fingerprint density at radius 3 is 2.91 bits per heavy atom. The number of rotatable bonds is 6. The summed E-state index contributed by atoms with van der Waals surface area (Å²) in [5, 5.41) is 15.2. The second-order valence-corrected chi connectivity index (χ2v) is 5.27. The van der Waals surface area contributed by atoms with Gasteiger partial charge in [0.2, 0.25) is 5.91 Å². The molecular weight excluding hydrogens is 298 g/mol. The molecule has 1 amide bonds. The van der Waals surface area contributed by atoms with Crippen molar-refractivity contribution in [3.8, 4) is 0 Å². The van der Waals surface area contributed by atoms with Gasteiger partial charge in [0.1, 0.15) is 0 Å². The fourth-order valence-corrected chi connectivity index (χ4v) is 2.33. The molecule has 3 N–H and O–H groups in total. The molecule has 0 atom stereocenters. The summed E-state index contributed by atoms with van der Waals surface area (Å²) in [6, 6.07) is 4.41. The molecule has 0 fully saturated rings. The summed E-state index contributed by atoms with van der Waals surface area (Å²) >= 11 is 0. The SMILES string of the molecule is C=C(C)N/N=C1\CC(=O)N(CCCN)c2ccc([N+](=O)[O-])cc21. The van der Waals surface area contributed by atoms with Crippen molar-refractivity contribution in [3.05, 3.63) is 46.2 Å². The van der Waals surface area contributed by atoms with Crippen LogP contribution in [0.2, 0.25) is 0 Å². The molecule has 1 heterocycles. The average molecular weight is 317 g/mol. The molecule has 8 heteroatoms. The maximum absolute atomic E-state index is 12.4. The van der Waals surface area contributed by atoms with E-state index in [0.29, 0.717) is 42.2 Å². The van der Waals surface area contributed by atoms with Crippen LogP contribution in [0.5, 0.6) is 0 Å². The molecule has 0 aromatic heterocycles. The Labute approximate surface area is 133 Å². The number of carbonyl (C=O) groups excluding carboxylic acids is 1. The Hall–Kier alpha value is -2.74. The van der Waals surface area contributed by atoms with E-state index in [4.69, 9.17) is 5.73 Å². The molecule has 23 heavy (non-hydrogen) atoms. The lowest BCUT2D eigenvalue weighted by Gasteiger charge is -2.30. The van der Waals surface area contributed by atoms with Crippen LogP contribution in [-0.4, -0.2) is 29.6 Å². The van der Waals surface area contributed by atoms with Crippen LogP contribution in [0.3, 0.4) is 0 Å². The highest BCUT2D eigenvalue weighted by Crippen LogP contribution is 2.31. The summed E-state index contributed by atoms with van der Waals surface area (Å²) in [4.78, 5) is 24.5. The maximum atomic E-state index is 12.4. The number of benzene rings is 1. The number of nitrogens with zero attached hydrogens (tertiary/aromatic N) is 3. The molecule has 1 aliphatic rings. The molecule has 1 aromatic rings. The molecule has 0 aliphatic carbocycles. The van der Waals surface area contributed by atoms with Gasteiger partial charge < -0.3 is 10.6 Å². The van der Waals surface area contributed by atoms with Crippen molar-refractivity contribution in [1.82, 2.24) is 5.43 Å². The van der Waals surface area contributed by atoms with Gasteiger partial charge in [-0.3, -0.25) is 20.3 Å². The number of fused-ring (bicyclic) bond motifs is 1. The Balaban J connectivity index is 2.49. The fourth-order valence-electron chi connectivity index (χ4n) is 2.33. The predicted octanol–water partition coefficient (Wildman–Crippen LogP) is 1.51. The van der Waals surface area contributed by atoms with Gasteiger partial charge in [0, 0.05) is 29.9 Å². The number of nitro benzene ring substituents is 1. The van der Waals surface area contributed by atoms with Gasteiger partial charge in [0.15, 0.2) is 0 Å². The van der Waals surface area contributed by atoms with Crippen LogP contribution >= 0.6 is 0 Å². The van der Waals surface area contributed by atoms with Crippen LogP contribution in [0.25, 0.3) is 0 Å². The average Bonchev–Trinajstić information content (AvgIpc) is 2.51. The van der Waals surface area contributed by atoms with Crippen molar-refractivity contribution >= 4 is 23.0 Å². The van der Waals surface area contributed by atoms with Crippen molar-refractivity contribution in [2.24, 2.45) is 10.8 Å². The molecule has 0 bridgehead atoms. The van der Waals surface area contributed by atoms with Gasteiger partial charge in [-0.1, -0.05) is 6.58 Å². The fraction of sp³-hybridized carbons (Fsp3) is 0.333. The van der Waals surface area contributed by atoms with Crippen LogP contribution in [0.4, 0.5) is 11.4 Å². The first-order valence-corrected chi connectivity index (χ1v) is 7.21. The molecule has 0 unspecified atom stereocenters. The predicted molar refractivity (Wildman–Crippen MR) is 88.2 cm³/mol. The van der Waals surface area contributed by atoms with Crippen molar-refractivity contribution in [2.45, 2.75) is 19.8 Å². The van der Waals surface area contributed by atoms with Crippen LogP contribution < -0.4 is 16.1 Å². The van der Waals surface area contributed by atoms with Crippen LogP contribution in [0.15, 0.2) is 35.6 Å². The van der Waals surface area contributed by atoms with Crippen LogP contribution in [0, 0.1) is 10.1 Å². The third-order valence-corrected chi connectivity index (χ3v) is 3.38. The normalized spacial score (nSPS) is 15.5. The largest absolute Gasteiger partial charge is 0.330 e. The highest BCUT2D eigenvalue weighted by atomic mass is 16.6. The second-order valence-electron chi connectivity index (χ2n) is 5.27. The van der Waals surface area contributed by atoms with E-state index in [1.54, 1.807) is 17.9 Å². The molecule has 122 valence electrons. The van der Waals surface area contributed by atoms with Crippen molar-refractivity contribution < 1.29 is 9.72 Å². The molecule has 0 saturated heterocycles. The lowest BCUT2D eigenvalue weighted by Crippen LogP contribution is -2.39. The van der Waals surface area contributed by atoms with Gasteiger partial charge in [-0.15, -0.1) is 0 Å². The monoisotopic (exact) mass is 317 g/mol. The molecule has 1 aromatic carbocycles. The topological polar surface area (TPSA) is 114 Å². The number of hydrogen-bond acceptors (Lipinski definition) is 6. The first kappa shape index (κ1) is 16.6. The zero-order valence-electron chi connectivity index (χ0n) is 12.9. The number of non-ortho nitro benzene ring substituents is 1. The Bertz CT molecular complexity index is 684. The van der Waals surface area contributed by atoms with Gasteiger partial charge in [0.25, 0.3) is 5.69 Å². The van der Waals surface area contributed by atoms with E-state index < -0.39 is 4.92 Å². The number of hydrogen-bond donors (Lipinski definition) is 2. The summed E-state index contributed by atoms with van der Waals surface area (Å²) in [6.45, 7) is 6.35. The number of allylic oxidation sites excluding steroid dienone is 1. The highest BCUT2D eigenvalue weighted by Gasteiger charge is 2.29. The van der Waals surface area contributed by atoms with E-state index in [1.807, 2.05) is 0 Å². The smallest absolute Gasteiger partial charge is 0.270 e. The standard InChI is InChI=1S/C15H19N5O3/c1-10(2)17-18-13-9-15(21)19(7-3-6-16)14-5-4-11(20(22)23)8-12(13)14/h4-5,8,17H,1,3,6-7,9,16H2,2H3/b18-13+. The summed E-state index contributed by atoms with van der Waals surface area (Å²) < 4.78 is 0. The van der Waals surface area contributed by atoms with E-state index in [2.05, 4.69) is 17.1 Å². The minimum Gasteiger partial charge on any atom is -0.330 e. The number of anilines is 1. The molecule has 0 saturated carbocycles. The van der Waals surface area contributed by atoms with E-state index in [-0.39, 0.29) is 18.0 Å². The minimum absolute atomic E-state index is 0.0418. The quantitative estimate of drug-likeness (QED) is 0.609. The first-order valence-electron chi connectivity index (χ1n) is 7.21. The van der Waals surface area contributed by atoms with Crippen molar-refractivity contribution in [2.75, 3.05) is 18.0 Å². The van der Waals surface area contributed by atoms with Gasteiger partial charge in [-0.05, 0) is 26.0 Å². The van der Waals surface area contributed by atoms with E-state index in [1.165, 1.54) is 12.1 Å².